The lowest BCUT2D eigenvalue weighted by Crippen LogP contribution is -2.18. The minimum absolute atomic E-state index is 0.0497. The molecule has 3 aromatic rings. The first-order chi connectivity index (χ1) is 13.7. The number of carbonyl (C=O) groups is 2. The molecule has 0 spiro atoms. The van der Waals surface area contributed by atoms with Crippen LogP contribution in [0.2, 0.25) is 0 Å². The largest absolute Gasteiger partial charge is 0.326 e. The third-order valence-corrected chi connectivity index (χ3v) is 5.66. The molecule has 0 fully saturated rings. The Labute approximate surface area is 173 Å². The van der Waals surface area contributed by atoms with Crippen LogP contribution in [-0.2, 0) is 23.7 Å². The summed E-state index contributed by atoms with van der Waals surface area (Å²) in [5, 5.41) is 12.7. The second-order valence-corrected chi connectivity index (χ2v) is 9.06. The first-order valence-corrected chi connectivity index (χ1v) is 10.3. The zero-order valence-corrected chi connectivity index (χ0v) is 17.7. The van der Waals surface area contributed by atoms with Gasteiger partial charge < -0.3 is 5.32 Å². The van der Waals surface area contributed by atoms with Gasteiger partial charge in [-0.25, -0.2) is 4.98 Å². The van der Waals surface area contributed by atoms with E-state index >= 15 is 0 Å². The standard InChI is InChI=1S/C21H23N5O2S/c1-21(2,3)17-10-16(26(4)25-17)19(28)24-20-23-15(11-29-20)13-5-7-14-12(9-13)6-8-18(27)22-14/h5,7,9-11H,6,8H2,1-4H3,(H,22,27)(H,23,24,28). The van der Waals surface area contributed by atoms with Crippen molar-refractivity contribution in [2.75, 3.05) is 10.6 Å². The number of nitrogens with one attached hydrogen (secondary N) is 2. The Morgan fingerprint density at radius 1 is 1.24 bits per heavy atom. The summed E-state index contributed by atoms with van der Waals surface area (Å²) in [6.45, 7) is 6.19. The van der Waals surface area contributed by atoms with Gasteiger partial charge in [-0.1, -0.05) is 26.8 Å². The predicted molar refractivity (Wildman–Crippen MR) is 114 cm³/mol. The van der Waals surface area contributed by atoms with Crippen molar-refractivity contribution in [3.63, 3.8) is 0 Å². The highest BCUT2D eigenvalue weighted by molar-refractivity contribution is 7.14. The van der Waals surface area contributed by atoms with Crippen LogP contribution in [0.3, 0.4) is 0 Å². The fourth-order valence-electron chi connectivity index (χ4n) is 3.21. The normalized spacial score (nSPS) is 13.7. The molecule has 1 aliphatic rings. The fourth-order valence-corrected chi connectivity index (χ4v) is 3.93. The molecule has 0 saturated heterocycles. The van der Waals surface area contributed by atoms with Crippen molar-refractivity contribution in [1.29, 1.82) is 0 Å². The van der Waals surface area contributed by atoms with Crippen LogP contribution in [0.5, 0.6) is 0 Å². The minimum atomic E-state index is -0.232. The van der Waals surface area contributed by atoms with Crippen LogP contribution in [0.1, 0.15) is 48.9 Å². The first-order valence-electron chi connectivity index (χ1n) is 9.45. The van der Waals surface area contributed by atoms with Crippen LogP contribution < -0.4 is 10.6 Å². The molecule has 29 heavy (non-hydrogen) atoms. The number of anilines is 2. The van der Waals surface area contributed by atoms with E-state index in [0.717, 1.165) is 34.6 Å². The van der Waals surface area contributed by atoms with E-state index in [2.05, 4.69) is 41.5 Å². The molecule has 2 aromatic heterocycles. The van der Waals surface area contributed by atoms with Gasteiger partial charge >= 0.3 is 0 Å². The Morgan fingerprint density at radius 2 is 2.03 bits per heavy atom. The van der Waals surface area contributed by atoms with Crippen molar-refractivity contribution in [2.24, 2.45) is 7.05 Å². The second-order valence-electron chi connectivity index (χ2n) is 8.20. The summed E-state index contributed by atoms with van der Waals surface area (Å²) in [7, 11) is 1.77. The Hall–Kier alpha value is -3.00. The van der Waals surface area contributed by atoms with Crippen molar-refractivity contribution in [1.82, 2.24) is 14.8 Å². The molecule has 1 aromatic carbocycles. The average molecular weight is 410 g/mol. The molecule has 1 aliphatic heterocycles. The highest BCUT2D eigenvalue weighted by Gasteiger charge is 2.22. The molecule has 4 rings (SSSR count). The van der Waals surface area contributed by atoms with E-state index in [1.165, 1.54) is 11.3 Å². The highest BCUT2D eigenvalue weighted by atomic mass is 32.1. The van der Waals surface area contributed by atoms with Crippen LogP contribution in [-0.4, -0.2) is 26.6 Å². The summed E-state index contributed by atoms with van der Waals surface area (Å²) in [5.41, 5.74) is 4.96. The van der Waals surface area contributed by atoms with Gasteiger partial charge in [0.15, 0.2) is 5.13 Å². The third-order valence-electron chi connectivity index (χ3n) is 4.90. The second kappa shape index (κ2) is 7.11. The maximum atomic E-state index is 12.7. The molecule has 0 unspecified atom stereocenters. The molecule has 2 amide bonds. The van der Waals surface area contributed by atoms with E-state index < -0.39 is 0 Å². The lowest BCUT2D eigenvalue weighted by Gasteiger charge is -2.17. The van der Waals surface area contributed by atoms with Gasteiger partial charge in [0.1, 0.15) is 5.69 Å². The summed E-state index contributed by atoms with van der Waals surface area (Å²) in [6, 6.07) is 7.71. The number of carbonyl (C=O) groups excluding carboxylic acids is 2. The summed E-state index contributed by atoms with van der Waals surface area (Å²) in [4.78, 5) is 28.8. The van der Waals surface area contributed by atoms with Crippen molar-refractivity contribution in [2.45, 2.75) is 39.0 Å². The number of benzene rings is 1. The molecule has 0 atom stereocenters. The number of hydrogen-bond donors (Lipinski definition) is 2. The van der Waals surface area contributed by atoms with Crippen molar-refractivity contribution in [3.05, 3.63) is 46.6 Å². The number of hydrogen-bond acceptors (Lipinski definition) is 5. The molecule has 150 valence electrons. The maximum absolute atomic E-state index is 12.7. The van der Waals surface area contributed by atoms with Gasteiger partial charge in [0.05, 0.1) is 11.4 Å². The number of nitrogens with zero attached hydrogens (tertiary/aromatic N) is 3. The number of aromatic nitrogens is 3. The smallest absolute Gasteiger partial charge is 0.275 e. The average Bonchev–Trinajstić information content (AvgIpc) is 3.27. The predicted octanol–water partition coefficient (Wildman–Crippen LogP) is 3.98. The number of amides is 2. The van der Waals surface area contributed by atoms with Gasteiger partial charge in [-0.05, 0) is 30.2 Å². The Morgan fingerprint density at radius 3 is 2.76 bits per heavy atom. The lowest BCUT2D eigenvalue weighted by molar-refractivity contribution is -0.116. The zero-order chi connectivity index (χ0) is 20.8. The van der Waals surface area contributed by atoms with Crippen molar-refractivity contribution >= 4 is 34.0 Å². The molecule has 0 saturated carbocycles. The number of fused-ring (bicyclic) bond motifs is 1. The monoisotopic (exact) mass is 409 g/mol. The number of rotatable bonds is 3. The molecule has 3 heterocycles. The van der Waals surface area contributed by atoms with Gasteiger partial charge in [0, 0.05) is 35.5 Å². The van der Waals surface area contributed by atoms with Crippen LogP contribution in [0.25, 0.3) is 11.3 Å². The van der Waals surface area contributed by atoms with Crippen LogP contribution >= 0.6 is 11.3 Å². The van der Waals surface area contributed by atoms with Gasteiger partial charge in [-0.2, -0.15) is 5.10 Å². The maximum Gasteiger partial charge on any atom is 0.275 e. The van der Waals surface area contributed by atoms with Gasteiger partial charge in [-0.15, -0.1) is 11.3 Å². The van der Waals surface area contributed by atoms with E-state index in [1.54, 1.807) is 11.7 Å². The summed E-state index contributed by atoms with van der Waals surface area (Å²) in [6.07, 6.45) is 1.22. The molecule has 7 nitrogen and oxygen atoms in total. The Kier molecular flexibility index (Phi) is 4.74. The SMILES string of the molecule is Cn1nc(C(C)(C)C)cc1C(=O)Nc1nc(-c2ccc3c(c2)CCC(=O)N3)cs1. The third kappa shape index (κ3) is 3.93. The fraction of sp³-hybridized carbons (Fsp3) is 0.333. The van der Waals surface area contributed by atoms with E-state index in [9.17, 15) is 9.59 Å². The molecule has 8 heteroatoms. The van der Waals surface area contributed by atoms with Gasteiger partial charge in [-0.3, -0.25) is 19.6 Å². The molecular formula is C21H23N5O2S. The molecule has 0 radical (unpaired) electrons. The number of thiazole rings is 1. The zero-order valence-electron chi connectivity index (χ0n) is 16.9. The quantitative estimate of drug-likeness (QED) is 0.685. The number of aryl methyl sites for hydroxylation is 2. The first kappa shape index (κ1) is 19.3. The van der Waals surface area contributed by atoms with Gasteiger partial charge in [0.25, 0.3) is 5.91 Å². The van der Waals surface area contributed by atoms with Crippen molar-refractivity contribution < 1.29 is 9.59 Å². The lowest BCUT2D eigenvalue weighted by atomic mass is 9.92. The van der Waals surface area contributed by atoms with E-state index in [1.807, 2.05) is 29.6 Å². The topological polar surface area (TPSA) is 88.9 Å². The van der Waals surface area contributed by atoms with Crippen molar-refractivity contribution in [3.8, 4) is 11.3 Å². The molecular weight excluding hydrogens is 386 g/mol. The molecule has 0 aliphatic carbocycles. The summed E-state index contributed by atoms with van der Waals surface area (Å²) < 4.78 is 1.60. The Balaban J connectivity index is 1.52. The summed E-state index contributed by atoms with van der Waals surface area (Å²) >= 11 is 1.38. The molecule has 2 N–H and O–H groups in total. The van der Waals surface area contributed by atoms with E-state index in [-0.39, 0.29) is 17.2 Å². The summed E-state index contributed by atoms with van der Waals surface area (Å²) in [5.74, 6) is -0.182. The van der Waals surface area contributed by atoms with E-state index in [0.29, 0.717) is 17.2 Å². The van der Waals surface area contributed by atoms with Crippen LogP contribution in [0, 0.1) is 0 Å². The van der Waals surface area contributed by atoms with Gasteiger partial charge in [0.2, 0.25) is 5.91 Å². The minimum Gasteiger partial charge on any atom is -0.326 e. The molecule has 0 bridgehead atoms. The van der Waals surface area contributed by atoms with E-state index in [4.69, 9.17) is 0 Å². The van der Waals surface area contributed by atoms with Crippen LogP contribution in [0.15, 0.2) is 29.6 Å². The Bertz CT molecular complexity index is 1110. The van der Waals surface area contributed by atoms with Crippen LogP contribution in [0.4, 0.5) is 10.8 Å². The highest BCUT2D eigenvalue weighted by Crippen LogP contribution is 2.31.